The van der Waals surface area contributed by atoms with Gasteiger partial charge >= 0.3 is 0 Å². The first-order chi connectivity index (χ1) is 8.88. The van der Waals surface area contributed by atoms with Gasteiger partial charge in [-0.3, -0.25) is 0 Å². The Balaban J connectivity index is 3.15. The van der Waals surface area contributed by atoms with E-state index in [2.05, 4.69) is 64.9 Å². The fourth-order valence-electron chi connectivity index (χ4n) is 2.24. The molecular weight excluding hydrogens is 234 g/mol. The summed E-state index contributed by atoms with van der Waals surface area (Å²) in [5.41, 5.74) is 3.74. The Kier molecular flexibility index (Phi) is 5.80. The van der Waals surface area contributed by atoms with Crippen LogP contribution in [0.25, 0.3) is 0 Å². The number of hydrogen-bond acceptors (Lipinski definition) is 3. The molecule has 0 fully saturated rings. The molecule has 1 N–H and O–H groups in total. The molecule has 0 bridgehead atoms. The van der Waals surface area contributed by atoms with Crippen molar-refractivity contribution in [3.8, 4) is 0 Å². The van der Waals surface area contributed by atoms with Crippen molar-refractivity contribution >= 4 is 5.82 Å². The summed E-state index contributed by atoms with van der Waals surface area (Å²) >= 11 is 0. The van der Waals surface area contributed by atoms with Crippen LogP contribution in [0.4, 0.5) is 5.82 Å². The lowest BCUT2D eigenvalue weighted by molar-refractivity contribution is 0.500. The second kappa shape index (κ2) is 6.90. The quantitative estimate of drug-likeness (QED) is 0.853. The highest BCUT2D eigenvalue weighted by molar-refractivity contribution is 5.51. The lowest BCUT2D eigenvalue weighted by Gasteiger charge is -2.31. The molecule has 1 rings (SSSR count). The van der Waals surface area contributed by atoms with Gasteiger partial charge in [-0.1, -0.05) is 20.8 Å². The normalized spacial score (nSPS) is 12.8. The standard InChI is InChI=1S/C16H29N3/c1-8-17-10-15-12(4)9-13(5)18-16(15)19(7)14(6)11(2)3/h9,11,14,17H,8,10H2,1-7H3. The summed E-state index contributed by atoms with van der Waals surface area (Å²) in [6.07, 6.45) is 0. The smallest absolute Gasteiger partial charge is 0.133 e. The third-order valence-corrected chi connectivity index (χ3v) is 3.92. The summed E-state index contributed by atoms with van der Waals surface area (Å²) in [6.45, 7) is 15.0. The molecule has 0 saturated heterocycles. The first-order valence-electron chi connectivity index (χ1n) is 7.29. The van der Waals surface area contributed by atoms with E-state index in [0.29, 0.717) is 12.0 Å². The molecule has 108 valence electrons. The van der Waals surface area contributed by atoms with Crippen LogP contribution in [0.2, 0.25) is 0 Å². The summed E-state index contributed by atoms with van der Waals surface area (Å²) in [5, 5.41) is 3.42. The number of nitrogens with one attached hydrogen (secondary N) is 1. The van der Waals surface area contributed by atoms with Gasteiger partial charge in [-0.15, -0.1) is 0 Å². The van der Waals surface area contributed by atoms with Crippen LogP contribution in [0.3, 0.4) is 0 Å². The van der Waals surface area contributed by atoms with Crippen LogP contribution in [-0.2, 0) is 6.54 Å². The van der Waals surface area contributed by atoms with E-state index in [9.17, 15) is 0 Å². The Bertz CT molecular complexity index is 413. The zero-order valence-corrected chi connectivity index (χ0v) is 13.5. The fourth-order valence-corrected chi connectivity index (χ4v) is 2.24. The molecule has 0 aliphatic carbocycles. The van der Waals surface area contributed by atoms with Gasteiger partial charge in [-0.05, 0) is 44.9 Å². The summed E-state index contributed by atoms with van der Waals surface area (Å²) < 4.78 is 0. The minimum atomic E-state index is 0.481. The summed E-state index contributed by atoms with van der Waals surface area (Å²) in [5.74, 6) is 1.74. The van der Waals surface area contributed by atoms with Crippen molar-refractivity contribution < 1.29 is 0 Å². The van der Waals surface area contributed by atoms with Gasteiger partial charge in [0.1, 0.15) is 5.82 Å². The van der Waals surface area contributed by atoms with Gasteiger partial charge in [-0.2, -0.15) is 0 Å². The Morgan fingerprint density at radius 1 is 1.26 bits per heavy atom. The maximum atomic E-state index is 4.78. The molecule has 0 spiro atoms. The number of anilines is 1. The predicted molar refractivity (Wildman–Crippen MR) is 83.8 cm³/mol. The minimum Gasteiger partial charge on any atom is -0.356 e. The average molecular weight is 263 g/mol. The van der Waals surface area contributed by atoms with Gasteiger partial charge in [0.05, 0.1) is 0 Å². The first-order valence-corrected chi connectivity index (χ1v) is 7.29. The number of rotatable bonds is 6. The molecule has 0 saturated carbocycles. The van der Waals surface area contributed by atoms with E-state index in [1.165, 1.54) is 11.1 Å². The Morgan fingerprint density at radius 3 is 2.42 bits per heavy atom. The van der Waals surface area contributed by atoms with Crippen molar-refractivity contribution in [2.24, 2.45) is 5.92 Å². The van der Waals surface area contributed by atoms with Crippen LogP contribution in [-0.4, -0.2) is 24.6 Å². The van der Waals surface area contributed by atoms with Gasteiger partial charge in [0.25, 0.3) is 0 Å². The molecular formula is C16H29N3. The number of aryl methyl sites for hydroxylation is 2. The van der Waals surface area contributed by atoms with Crippen molar-refractivity contribution in [3.63, 3.8) is 0 Å². The highest BCUT2D eigenvalue weighted by Crippen LogP contribution is 2.25. The Labute approximate surface area is 118 Å². The van der Waals surface area contributed by atoms with Gasteiger partial charge in [0.2, 0.25) is 0 Å². The van der Waals surface area contributed by atoms with Crippen LogP contribution in [0.5, 0.6) is 0 Å². The van der Waals surface area contributed by atoms with Crippen LogP contribution < -0.4 is 10.2 Å². The Hall–Kier alpha value is -1.09. The van der Waals surface area contributed by atoms with Crippen molar-refractivity contribution in [3.05, 3.63) is 22.9 Å². The lowest BCUT2D eigenvalue weighted by Crippen LogP contribution is -2.35. The van der Waals surface area contributed by atoms with Gasteiger partial charge in [0.15, 0.2) is 0 Å². The number of aromatic nitrogens is 1. The van der Waals surface area contributed by atoms with E-state index in [1.807, 2.05) is 0 Å². The van der Waals surface area contributed by atoms with Crippen LogP contribution >= 0.6 is 0 Å². The fraction of sp³-hybridized carbons (Fsp3) is 0.688. The molecule has 3 nitrogen and oxygen atoms in total. The third kappa shape index (κ3) is 3.93. The minimum absolute atomic E-state index is 0.481. The largest absolute Gasteiger partial charge is 0.356 e. The van der Waals surface area contributed by atoms with E-state index in [-0.39, 0.29) is 0 Å². The van der Waals surface area contributed by atoms with E-state index < -0.39 is 0 Å². The molecule has 1 heterocycles. The molecule has 1 unspecified atom stereocenters. The van der Waals surface area contributed by atoms with Crippen LogP contribution in [0.1, 0.15) is 44.5 Å². The lowest BCUT2D eigenvalue weighted by atomic mass is 10.0. The third-order valence-electron chi connectivity index (χ3n) is 3.92. The van der Waals surface area contributed by atoms with Crippen molar-refractivity contribution in [2.45, 2.75) is 54.1 Å². The maximum absolute atomic E-state index is 4.78. The van der Waals surface area contributed by atoms with E-state index in [4.69, 9.17) is 4.98 Å². The summed E-state index contributed by atoms with van der Waals surface area (Å²) in [6, 6.07) is 2.65. The zero-order valence-electron chi connectivity index (χ0n) is 13.5. The molecule has 0 aliphatic heterocycles. The molecule has 1 aromatic rings. The second-order valence-corrected chi connectivity index (χ2v) is 5.76. The first kappa shape index (κ1) is 16.0. The highest BCUT2D eigenvalue weighted by atomic mass is 15.2. The van der Waals surface area contributed by atoms with E-state index >= 15 is 0 Å². The van der Waals surface area contributed by atoms with Crippen LogP contribution in [0.15, 0.2) is 6.07 Å². The molecule has 1 atom stereocenters. The SMILES string of the molecule is CCNCc1c(C)cc(C)nc1N(C)C(C)C(C)C. The molecule has 0 aliphatic rings. The zero-order chi connectivity index (χ0) is 14.6. The molecule has 0 amide bonds. The topological polar surface area (TPSA) is 28.2 Å². The second-order valence-electron chi connectivity index (χ2n) is 5.76. The predicted octanol–water partition coefficient (Wildman–Crippen LogP) is 3.29. The maximum Gasteiger partial charge on any atom is 0.133 e. The highest BCUT2D eigenvalue weighted by Gasteiger charge is 2.19. The van der Waals surface area contributed by atoms with Gasteiger partial charge in [-0.25, -0.2) is 4.98 Å². The number of pyridine rings is 1. The Morgan fingerprint density at radius 2 is 1.89 bits per heavy atom. The van der Waals surface area contributed by atoms with Crippen molar-refractivity contribution in [1.29, 1.82) is 0 Å². The van der Waals surface area contributed by atoms with Crippen molar-refractivity contribution in [2.75, 3.05) is 18.5 Å². The van der Waals surface area contributed by atoms with E-state index in [1.54, 1.807) is 0 Å². The molecule has 3 heteroatoms. The van der Waals surface area contributed by atoms with Gasteiger partial charge < -0.3 is 10.2 Å². The summed E-state index contributed by atoms with van der Waals surface area (Å²) in [4.78, 5) is 7.09. The molecule has 1 aromatic heterocycles. The summed E-state index contributed by atoms with van der Waals surface area (Å²) in [7, 11) is 2.15. The number of nitrogens with zero attached hydrogens (tertiary/aromatic N) is 2. The van der Waals surface area contributed by atoms with E-state index in [0.717, 1.165) is 24.6 Å². The molecule has 19 heavy (non-hydrogen) atoms. The average Bonchev–Trinajstić information content (AvgIpc) is 2.35. The van der Waals surface area contributed by atoms with Crippen molar-refractivity contribution in [1.82, 2.24) is 10.3 Å². The monoisotopic (exact) mass is 263 g/mol. The molecule has 0 aromatic carbocycles. The molecule has 0 radical (unpaired) electrons. The number of hydrogen-bond donors (Lipinski definition) is 1. The van der Waals surface area contributed by atoms with Crippen LogP contribution in [0, 0.1) is 19.8 Å². The van der Waals surface area contributed by atoms with Gasteiger partial charge in [0, 0.05) is 30.9 Å².